The van der Waals surface area contributed by atoms with E-state index in [-0.39, 0.29) is 5.91 Å². The lowest BCUT2D eigenvalue weighted by atomic mass is 9.87. The fourth-order valence-electron chi connectivity index (χ4n) is 2.47. The van der Waals surface area contributed by atoms with Gasteiger partial charge in [0, 0.05) is 6.04 Å². The van der Waals surface area contributed by atoms with Gasteiger partial charge in [-0.25, -0.2) is 0 Å². The summed E-state index contributed by atoms with van der Waals surface area (Å²) in [6.07, 6.45) is 4.56. The topological polar surface area (TPSA) is 55.1 Å². The first-order valence-electron chi connectivity index (χ1n) is 6.31. The molecule has 1 amide bonds. The number of nitrogens with one attached hydrogen (secondary N) is 1. The molecular formula is C13H20N2O2. The predicted molar refractivity (Wildman–Crippen MR) is 64.9 cm³/mol. The van der Waals surface area contributed by atoms with E-state index in [4.69, 9.17) is 4.52 Å². The van der Waals surface area contributed by atoms with Crippen molar-refractivity contribution in [1.29, 1.82) is 0 Å². The van der Waals surface area contributed by atoms with Gasteiger partial charge >= 0.3 is 0 Å². The Morgan fingerprint density at radius 3 is 2.47 bits per heavy atom. The van der Waals surface area contributed by atoms with Gasteiger partial charge in [0.1, 0.15) is 11.3 Å². The SMILES string of the molecule is Cc1noc(C)c1C(=O)NC1CCC(C)CC1. The highest BCUT2D eigenvalue weighted by molar-refractivity contribution is 5.96. The molecule has 1 heterocycles. The Kier molecular flexibility index (Phi) is 3.50. The van der Waals surface area contributed by atoms with Gasteiger partial charge in [0.15, 0.2) is 0 Å². The normalized spacial score (nSPS) is 24.6. The summed E-state index contributed by atoms with van der Waals surface area (Å²) in [6, 6.07) is 0.312. The molecular weight excluding hydrogens is 216 g/mol. The van der Waals surface area contributed by atoms with Gasteiger partial charge in [-0.3, -0.25) is 4.79 Å². The van der Waals surface area contributed by atoms with E-state index in [0.29, 0.717) is 23.1 Å². The number of nitrogens with zero attached hydrogens (tertiary/aromatic N) is 1. The molecule has 4 heteroatoms. The minimum absolute atomic E-state index is 0.0409. The average molecular weight is 236 g/mol. The number of amides is 1. The largest absolute Gasteiger partial charge is 0.361 e. The first kappa shape index (κ1) is 12.1. The third-order valence-corrected chi connectivity index (χ3v) is 3.61. The van der Waals surface area contributed by atoms with Crippen LogP contribution in [0.15, 0.2) is 4.52 Å². The molecule has 1 aliphatic carbocycles. The number of hydrogen-bond acceptors (Lipinski definition) is 3. The third-order valence-electron chi connectivity index (χ3n) is 3.61. The van der Waals surface area contributed by atoms with E-state index in [0.717, 1.165) is 18.8 Å². The Hall–Kier alpha value is -1.32. The maximum absolute atomic E-state index is 12.1. The molecule has 17 heavy (non-hydrogen) atoms. The van der Waals surface area contributed by atoms with Crippen molar-refractivity contribution < 1.29 is 9.32 Å². The molecule has 0 bridgehead atoms. The number of aromatic nitrogens is 1. The fourth-order valence-corrected chi connectivity index (χ4v) is 2.47. The van der Waals surface area contributed by atoms with Crippen molar-refractivity contribution in [3.05, 3.63) is 17.0 Å². The molecule has 1 saturated carbocycles. The number of aryl methyl sites for hydroxylation is 2. The monoisotopic (exact) mass is 236 g/mol. The summed E-state index contributed by atoms with van der Waals surface area (Å²) < 4.78 is 5.01. The van der Waals surface area contributed by atoms with Crippen molar-refractivity contribution in [3.63, 3.8) is 0 Å². The Labute approximate surface area is 102 Å². The quantitative estimate of drug-likeness (QED) is 0.858. The van der Waals surface area contributed by atoms with Crippen LogP contribution in [-0.2, 0) is 0 Å². The lowest BCUT2D eigenvalue weighted by Gasteiger charge is -2.26. The molecule has 2 rings (SSSR count). The second kappa shape index (κ2) is 4.90. The van der Waals surface area contributed by atoms with Gasteiger partial charge in [0.05, 0.1) is 5.69 Å². The van der Waals surface area contributed by atoms with Crippen LogP contribution in [0.4, 0.5) is 0 Å². The van der Waals surface area contributed by atoms with Crippen LogP contribution in [0.2, 0.25) is 0 Å². The molecule has 0 spiro atoms. The molecule has 1 N–H and O–H groups in total. The summed E-state index contributed by atoms with van der Waals surface area (Å²) >= 11 is 0. The minimum atomic E-state index is -0.0409. The van der Waals surface area contributed by atoms with Crippen molar-refractivity contribution >= 4 is 5.91 Å². The maximum Gasteiger partial charge on any atom is 0.257 e. The highest BCUT2D eigenvalue weighted by Crippen LogP contribution is 2.24. The van der Waals surface area contributed by atoms with Crippen molar-refractivity contribution in [2.45, 2.75) is 52.5 Å². The zero-order valence-electron chi connectivity index (χ0n) is 10.7. The molecule has 0 saturated heterocycles. The first-order chi connectivity index (χ1) is 8.08. The Morgan fingerprint density at radius 2 is 1.94 bits per heavy atom. The zero-order valence-corrected chi connectivity index (χ0v) is 10.7. The molecule has 1 aromatic heterocycles. The van der Waals surface area contributed by atoms with Crippen LogP contribution in [0, 0.1) is 19.8 Å². The summed E-state index contributed by atoms with van der Waals surface area (Å²) in [4.78, 5) is 12.1. The van der Waals surface area contributed by atoms with Crippen LogP contribution in [0.1, 0.15) is 54.4 Å². The molecule has 0 radical (unpaired) electrons. The molecule has 0 unspecified atom stereocenters. The standard InChI is InChI=1S/C13H20N2O2/c1-8-4-6-11(7-5-8)14-13(16)12-9(2)15-17-10(12)3/h8,11H,4-7H2,1-3H3,(H,14,16). The van der Waals surface area contributed by atoms with Crippen LogP contribution in [-0.4, -0.2) is 17.1 Å². The van der Waals surface area contributed by atoms with Crippen molar-refractivity contribution in [2.75, 3.05) is 0 Å². The van der Waals surface area contributed by atoms with E-state index in [1.165, 1.54) is 12.8 Å². The first-order valence-corrected chi connectivity index (χ1v) is 6.31. The maximum atomic E-state index is 12.1. The van der Waals surface area contributed by atoms with Crippen molar-refractivity contribution in [2.24, 2.45) is 5.92 Å². The number of carbonyl (C=O) groups is 1. The number of hydrogen-bond donors (Lipinski definition) is 1. The van der Waals surface area contributed by atoms with E-state index in [1.807, 2.05) is 0 Å². The Bertz CT molecular complexity index is 384. The van der Waals surface area contributed by atoms with Gasteiger partial charge in [-0.15, -0.1) is 0 Å². The van der Waals surface area contributed by atoms with Gasteiger partial charge in [0.25, 0.3) is 5.91 Å². The Morgan fingerprint density at radius 1 is 1.29 bits per heavy atom. The van der Waals surface area contributed by atoms with Crippen LogP contribution < -0.4 is 5.32 Å². The molecule has 4 nitrogen and oxygen atoms in total. The van der Waals surface area contributed by atoms with Gasteiger partial charge < -0.3 is 9.84 Å². The van der Waals surface area contributed by atoms with E-state index < -0.39 is 0 Å². The predicted octanol–water partition coefficient (Wildman–Crippen LogP) is 2.60. The van der Waals surface area contributed by atoms with E-state index in [1.54, 1.807) is 13.8 Å². The van der Waals surface area contributed by atoms with Gasteiger partial charge in [0.2, 0.25) is 0 Å². The second-order valence-electron chi connectivity index (χ2n) is 5.13. The van der Waals surface area contributed by atoms with Gasteiger partial charge in [-0.05, 0) is 45.4 Å². The van der Waals surface area contributed by atoms with Crippen molar-refractivity contribution in [1.82, 2.24) is 10.5 Å². The molecule has 1 aliphatic rings. The highest BCUT2D eigenvalue weighted by atomic mass is 16.5. The smallest absolute Gasteiger partial charge is 0.257 e. The van der Waals surface area contributed by atoms with Crippen molar-refractivity contribution in [3.8, 4) is 0 Å². The van der Waals surface area contributed by atoms with Gasteiger partial charge in [-0.2, -0.15) is 0 Å². The number of carbonyl (C=O) groups excluding carboxylic acids is 1. The molecule has 1 fully saturated rings. The summed E-state index contributed by atoms with van der Waals surface area (Å²) in [6.45, 7) is 5.85. The van der Waals surface area contributed by atoms with Crippen LogP contribution in [0.25, 0.3) is 0 Å². The van der Waals surface area contributed by atoms with Gasteiger partial charge in [-0.1, -0.05) is 12.1 Å². The molecule has 1 aromatic rings. The summed E-state index contributed by atoms with van der Waals surface area (Å²) in [5.74, 6) is 1.35. The summed E-state index contributed by atoms with van der Waals surface area (Å²) in [5, 5.41) is 6.89. The highest BCUT2D eigenvalue weighted by Gasteiger charge is 2.23. The van der Waals surface area contributed by atoms with E-state index >= 15 is 0 Å². The zero-order chi connectivity index (χ0) is 12.4. The molecule has 0 aliphatic heterocycles. The minimum Gasteiger partial charge on any atom is -0.361 e. The second-order valence-corrected chi connectivity index (χ2v) is 5.13. The molecule has 94 valence electrons. The lowest BCUT2D eigenvalue weighted by Crippen LogP contribution is -2.37. The lowest BCUT2D eigenvalue weighted by molar-refractivity contribution is 0.0921. The average Bonchev–Trinajstić information content (AvgIpc) is 2.62. The van der Waals surface area contributed by atoms with Crippen LogP contribution in [0.3, 0.4) is 0 Å². The molecule has 0 atom stereocenters. The fraction of sp³-hybridized carbons (Fsp3) is 0.692. The van der Waals surface area contributed by atoms with Crippen LogP contribution in [0.5, 0.6) is 0 Å². The number of rotatable bonds is 2. The van der Waals surface area contributed by atoms with E-state index in [2.05, 4.69) is 17.4 Å². The Balaban J connectivity index is 1.98. The van der Waals surface area contributed by atoms with E-state index in [9.17, 15) is 4.79 Å². The van der Waals surface area contributed by atoms with Crippen LogP contribution >= 0.6 is 0 Å². The third kappa shape index (κ3) is 2.68. The summed E-state index contributed by atoms with van der Waals surface area (Å²) in [5.41, 5.74) is 1.27. The summed E-state index contributed by atoms with van der Waals surface area (Å²) in [7, 11) is 0. The molecule has 0 aromatic carbocycles.